The third-order valence-electron chi connectivity index (χ3n) is 5.87. The molecule has 0 radical (unpaired) electrons. The highest BCUT2D eigenvalue weighted by Crippen LogP contribution is 2.49. The van der Waals surface area contributed by atoms with Crippen molar-refractivity contribution in [3.8, 4) is 0 Å². The SMILES string of the molecule is CC(C)N1C[C@@H]2[C@H](NC(=O)c3ccnn3C)c3ccccc3[C@@H]2C1.O=C(O)C(F)(F)F. The minimum Gasteiger partial charge on any atom is -0.475 e. The van der Waals surface area contributed by atoms with Gasteiger partial charge in [0.1, 0.15) is 5.69 Å². The van der Waals surface area contributed by atoms with Gasteiger partial charge in [0.2, 0.25) is 0 Å². The molecule has 0 bridgehead atoms. The molecule has 2 aromatic rings. The standard InChI is InChI=1S/C19H24N4O.C2HF3O2/c1-12(2)23-10-15-13-6-4-5-7-14(13)18(16(15)11-23)21-19(24)17-8-9-20-22(17)3;3-2(4,5)1(6)7/h4-9,12,15-16,18H,10-11H2,1-3H3,(H,21,24);(H,6,7)/t15-,16-,18+;/m0./s1. The van der Waals surface area contributed by atoms with E-state index in [2.05, 4.69) is 53.4 Å². The van der Waals surface area contributed by atoms with Crippen molar-refractivity contribution >= 4 is 11.9 Å². The van der Waals surface area contributed by atoms with Crippen LogP contribution in [0.2, 0.25) is 0 Å². The fourth-order valence-electron chi connectivity index (χ4n) is 4.31. The molecule has 2 N–H and O–H groups in total. The Morgan fingerprint density at radius 1 is 1.16 bits per heavy atom. The number of nitrogens with zero attached hydrogens (tertiary/aromatic N) is 3. The lowest BCUT2D eigenvalue weighted by atomic mass is 9.94. The largest absolute Gasteiger partial charge is 0.490 e. The number of carboxylic acid groups (broad SMARTS) is 1. The molecule has 2 aliphatic rings. The minimum atomic E-state index is -5.08. The summed E-state index contributed by atoms with van der Waals surface area (Å²) in [6, 6.07) is 11.0. The Morgan fingerprint density at radius 3 is 2.29 bits per heavy atom. The molecule has 3 atom stereocenters. The summed E-state index contributed by atoms with van der Waals surface area (Å²) in [5.74, 6) is -1.84. The van der Waals surface area contributed by atoms with Crippen LogP contribution < -0.4 is 5.32 Å². The van der Waals surface area contributed by atoms with Crippen LogP contribution in [0.15, 0.2) is 36.5 Å². The number of benzene rings is 1. The van der Waals surface area contributed by atoms with Gasteiger partial charge in [0.25, 0.3) is 5.91 Å². The third-order valence-corrected chi connectivity index (χ3v) is 5.87. The first kappa shape index (κ1) is 22.8. The molecule has 4 rings (SSSR count). The van der Waals surface area contributed by atoms with Crippen molar-refractivity contribution in [2.45, 2.75) is 38.0 Å². The smallest absolute Gasteiger partial charge is 0.475 e. The molecule has 0 saturated carbocycles. The topological polar surface area (TPSA) is 87.5 Å². The molecule has 1 aromatic carbocycles. The van der Waals surface area contributed by atoms with Crippen LogP contribution in [0.3, 0.4) is 0 Å². The maximum Gasteiger partial charge on any atom is 0.490 e. The number of nitrogens with one attached hydrogen (secondary N) is 1. The number of halogens is 3. The van der Waals surface area contributed by atoms with Crippen LogP contribution in [0.25, 0.3) is 0 Å². The Hall–Kier alpha value is -2.88. The van der Waals surface area contributed by atoms with E-state index in [9.17, 15) is 18.0 Å². The molecule has 1 aromatic heterocycles. The monoisotopic (exact) mass is 438 g/mol. The van der Waals surface area contributed by atoms with E-state index in [-0.39, 0.29) is 11.9 Å². The van der Waals surface area contributed by atoms with E-state index in [1.165, 1.54) is 11.1 Å². The quantitative estimate of drug-likeness (QED) is 0.770. The zero-order valence-corrected chi connectivity index (χ0v) is 17.4. The summed E-state index contributed by atoms with van der Waals surface area (Å²) < 4.78 is 33.4. The molecule has 0 spiro atoms. The highest BCUT2D eigenvalue weighted by atomic mass is 19.4. The van der Waals surface area contributed by atoms with Crippen molar-refractivity contribution in [3.05, 3.63) is 53.3 Å². The predicted octanol–water partition coefficient (Wildman–Crippen LogP) is 2.96. The Balaban J connectivity index is 0.000000339. The average Bonchev–Trinajstić information content (AvgIpc) is 3.37. The zero-order valence-electron chi connectivity index (χ0n) is 17.4. The average molecular weight is 438 g/mol. The van der Waals surface area contributed by atoms with Gasteiger partial charge in [-0.15, -0.1) is 0 Å². The zero-order chi connectivity index (χ0) is 22.9. The number of carbonyl (C=O) groups excluding carboxylic acids is 1. The number of likely N-dealkylation sites (tertiary alicyclic amines) is 1. The first-order valence-corrected chi connectivity index (χ1v) is 9.92. The number of carbonyl (C=O) groups is 2. The lowest BCUT2D eigenvalue weighted by Crippen LogP contribution is -2.35. The molecule has 31 heavy (non-hydrogen) atoms. The summed E-state index contributed by atoms with van der Waals surface area (Å²) in [6.45, 7) is 6.61. The number of fused-ring (bicyclic) bond motifs is 3. The van der Waals surface area contributed by atoms with E-state index in [0.29, 0.717) is 23.6 Å². The Kier molecular flexibility index (Phi) is 6.40. The Labute approximate surface area is 177 Å². The number of aliphatic carboxylic acids is 1. The van der Waals surface area contributed by atoms with Crippen LogP contribution in [-0.4, -0.2) is 57.0 Å². The molecule has 1 aliphatic heterocycles. The molecule has 1 fully saturated rings. The summed E-state index contributed by atoms with van der Waals surface area (Å²) >= 11 is 0. The second kappa shape index (κ2) is 8.70. The van der Waals surface area contributed by atoms with Gasteiger partial charge in [0.05, 0.1) is 6.04 Å². The van der Waals surface area contributed by atoms with E-state index in [1.54, 1.807) is 24.0 Å². The van der Waals surface area contributed by atoms with E-state index in [1.807, 2.05) is 0 Å². The summed E-state index contributed by atoms with van der Waals surface area (Å²) in [5.41, 5.74) is 3.29. The molecule has 10 heteroatoms. The molecule has 2 heterocycles. The Morgan fingerprint density at radius 2 is 1.77 bits per heavy atom. The van der Waals surface area contributed by atoms with Gasteiger partial charge < -0.3 is 10.4 Å². The maximum atomic E-state index is 12.7. The fourth-order valence-corrected chi connectivity index (χ4v) is 4.31. The molecule has 0 unspecified atom stereocenters. The number of carboxylic acids is 1. The van der Waals surface area contributed by atoms with Crippen molar-refractivity contribution < 1.29 is 27.9 Å². The summed E-state index contributed by atoms with van der Waals surface area (Å²) in [4.78, 5) is 24.1. The number of hydrogen-bond donors (Lipinski definition) is 2. The normalized spacial score (nSPS) is 22.5. The van der Waals surface area contributed by atoms with Crippen molar-refractivity contribution in [3.63, 3.8) is 0 Å². The van der Waals surface area contributed by atoms with Crippen molar-refractivity contribution in [1.82, 2.24) is 20.0 Å². The van der Waals surface area contributed by atoms with Gasteiger partial charge in [-0.25, -0.2) is 4.79 Å². The van der Waals surface area contributed by atoms with Gasteiger partial charge in [0, 0.05) is 44.2 Å². The minimum absolute atomic E-state index is 0.0431. The highest BCUT2D eigenvalue weighted by Gasteiger charge is 2.47. The number of alkyl halides is 3. The number of aromatic nitrogens is 2. The first-order valence-electron chi connectivity index (χ1n) is 9.92. The van der Waals surface area contributed by atoms with Crippen molar-refractivity contribution in [2.75, 3.05) is 13.1 Å². The van der Waals surface area contributed by atoms with Crippen LogP contribution in [0.5, 0.6) is 0 Å². The molecule has 7 nitrogen and oxygen atoms in total. The number of amides is 1. The van der Waals surface area contributed by atoms with Gasteiger partial charge in [-0.05, 0) is 31.0 Å². The molecule has 1 amide bonds. The summed E-state index contributed by atoms with van der Waals surface area (Å²) in [7, 11) is 1.80. The van der Waals surface area contributed by atoms with E-state index in [0.717, 1.165) is 13.1 Å². The van der Waals surface area contributed by atoms with Crippen molar-refractivity contribution in [1.29, 1.82) is 0 Å². The number of rotatable bonds is 3. The van der Waals surface area contributed by atoms with Gasteiger partial charge in [-0.3, -0.25) is 14.4 Å². The Bertz CT molecular complexity index is 957. The predicted molar refractivity (Wildman–Crippen MR) is 106 cm³/mol. The van der Waals surface area contributed by atoms with Gasteiger partial charge in [-0.1, -0.05) is 24.3 Å². The van der Waals surface area contributed by atoms with Crippen molar-refractivity contribution in [2.24, 2.45) is 13.0 Å². The maximum absolute atomic E-state index is 12.7. The van der Waals surface area contributed by atoms with E-state index < -0.39 is 12.1 Å². The lowest BCUT2D eigenvalue weighted by molar-refractivity contribution is -0.192. The van der Waals surface area contributed by atoms with Gasteiger partial charge >= 0.3 is 12.1 Å². The van der Waals surface area contributed by atoms with Crippen LogP contribution >= 0.6 is 0 Å². The number of aryl methyl sites for hydroxylation is 1. The molecule has 1 aliphatic carbocycles. The second-order valence-corrected chi connectivity index (χ2v) is 8.04. The third kappa shape index (κ3) is 4.73. The molecular formula is C21H25F3N4O3. The van der Waals surface area contributed by atoms with Crippen LogP contribution in [0.4, 0.5) is 13.2 Å². The summed E-state index contributed by atoms with van der Waals surface area (Å²) in [5, 5.41) is 14.5. The van der Waals surface area contributed by atoms with Crippen LogP contribution in [0, 0.1) is 5.92 Å². The van der Waals surface area contributed by atoms with Crippen LogP contribution in [0.1, 0.15) is 47.4 Å². The van der Waals surface area contributed by atoms with E-state index >= 15 is 0 Å². The lowest BCUT2D eigenvalue weighted by Gasteiger charge is -2.25. The summed E-state index contributed by atoms with van der Waals surface area (Å²) in [6.07, 6.45) is -3.42. The van der Waals surface area contributed by atoms with Crippen LogP contribution in [-0.2, 0) is 11.8 Å². The fraction of sp³-hybridized carbons (Fsp3) is 0.476. The molecule has 1 saturated heterocycles. The molecule has 168 valence electrons. The second-order valence-electron chi connectivity index (χ2n) is 8.04. The number of hydrogen-bond acceptors (Lipinski definition) is 4. The first-order chi connectivity index (χ1) is 14.5. The van der Waals surface area contributed by atoms with Gasteiger partial charge in [0.15, 0.2) is 0 Å². The molecular weight excluding hydrogens is 413 g/mol. The highest BCUT2D eigenvalue weighted by molar-refractivity contribution is 5.92. The van der Waals surface area contributed by atoms with Gasteiger partial charge in [-0.2, -0.15) is 18.3 Å². The van der Waals surface area contributed by atoms with E-state index in [4.69, 9.17) is 9.90 Å².